The van der Waals surface area contributed by atoms with Crippen LogP contribution in [0.4, 0.5) is 0 Å². The van der Waals surface area contributed by atoms with Gasteiger partial charge in [-0.3, -0.25) is 9.59 Å². The fourth-order valence-corrected chi connectivity index (χ4v) is 1.76. The number of ether oxygens (including phenoxy) is 1. The highest BCUT2D eigenvalue weighted by atomic mass is 16.5. The van der Waals surface area contributed by atoms with Crippen LogP contribution in [-0.4, -0.2) is 11.0 Å². The number of fused-ring (bicyclic) bond motifs is 1. The first-order valence-electron chi connectivity index (χ1n) is 6.39. The fraction of sp³-hybridized carbons (Fsp3) is 0.333. The van der Waals surface area contributed by atoms with Gasteiger partial charge in [0.25, 0.3) is 5.56 Å². The monoisotopic (exact) mass is 259 g/mol. The summed E-state index contributed by atoms with van der Waals surface area (Å²) in [5, 5.41) is 0.927. The lowest BCUT2D eigenvalue weighted by Crippen LogP contribution is -2.18. The number of pyridine rings is 1. The summed E-state index contributed by atoms with van der Waals surface area (Å²) in [4.78, 5) is 26.2. The van der Waals surface area contributed by atoms with Crippen LogP contribution in [-0.2, 0) is 16.1 Å². The van der Waals surface area contributed by atoms with Gasteiger partial charge in [-0.1, -0.05) is 32.0 Å². The number of nitrogens with one attached hydrogen (secondary N) is 1. The number of hydrogen-bond donors (Lipinski definition) is 1. The molecule has 0 amide bonds. The zero-order valence-corrected chi connectivity index (χ0v) is 11.1. The van der Waals surface area contributed by atoms with Crippen LogP contribution in [0.3, 0.4) is 0 Å². The summed E-state index contributed by atoms with van der Waals surface area (Å²) in [7, 11) is 0. The Balaban J connectivity index is 2.19. The van der Waals surface area contributed by atoms with Crippen LogP contribution < -0.4 is 5.56 Å². The number of aromatic amines is 1. The topological polar surface area (TPSA) is 59.2 Å². The second kappa shape index (κ2) is 5.69. The normalized spacial score (nSPS) is 12.3. The third kappa shape index (κ3) is 3.02. The number of para-hydroxylation sites is 1. The molecule has 1 aromatic carbocycles. The highest BCUT2D eigenvalue weighted by Gasteiger charge is 2.13. The molecule has 19 heavy (non-hydrogen) atoms. The van der Waals surface area contributed by atoms with E-state index in [1.165, 1.54) is 0 Å². The Hall–Kier alpha value is -2.10. The summed E-state index contributed by atoms with van der Waals surface area (Å²) < 4.78 is 5.15. The maximum absolute atomic E-state index is 11.8. The third-order valence-corrected chi connectivity index (χ3v) is 3.22. The molecular weight excluding hydrogens is 242 g/mol. The minimum atomic E-state index is -0.268. The first kappa shape index (κ1) is 13.3. The van der Waals surface area contributed by atoms with Crippen LogP contribution in [0.5, 0.6) is 0 Å². The van der Waals surface area contributed by atoms with Crippen molar-refractivity contribution in [2.24, 2.45) is 5.92 Å². The molecule has 0 aliphatic rings. The molecule has 0 radical (unpaired) electrons. The Morgan fingerprint density at radius 1 is 1.37 bits per heavy atom. The van der Waals surface area contributed by atoms with Crippen molar-refractivity contribution in [3.63, 3.8) is 0 Å². The standard InChI is InChI=1S/C15H17NO3/c1-3-10(2)15(18)19-9-12-8-11-6-4-5-7-13(11)16-14(12)17/h4-8,10H,3,9H2,1-2H3,(H,16,17). The van der Waals surface area contributed by atoms with E-state index in [1.54, 1.807) is 6.07 Å². The van der Waals surface area contributed by atoms with Crippen LogP contribution >= 0.6 is 0 Å². The van der Waals surface area contributed by atoms with Crippen molar-refractivity contribution < 1.29 is 9.53 Å². The van der Waals surface area contributed by atoms with E-state index in [0.717, 1.165) is 17.3 Å². The molecule has 1 N–H and O–H groups in total. The predicted molar refractivity (Wildman–Crippen MR) is 73.8 cm³/mol. The highest BCUT2D eigenvalue weighted by molar-refractivity contribution is 5.78. The quantitative estimate of drug-likeness (QED) is 0.859. The van der Waals surface area contributed by atoms with Gasteiger partial charge in [0.15, 0.2) is 0 Å². The van der Waals surface area contributed by atoms with Gasteiger partial charge in [0.05, 0.1) is 11.5 Å². The van der Waals surface area contributed by atoms with Crippen molar-refractivity contribution in [1.82, 2.24) is 4.98 Å². The van der Waals surface area contributed by atoms with Gasteiger partial charge < -0.3 is 9.72 Å². The van der Waals surface area contributed by atoms with E-state index < -0.39 is 0 Å². The molecule has 0 spiro atoms. The molecule has 4 heteroatoms. The van der Waals surface area contributed by atoms with E-state index in [9.17, 15) is 9.59 Å². The Bertz CT molecular complexity index is 645. The Kier molecular flexibility index (Phi) is 4.00. The molecule has 1 unspecified atom stereocenters. The molecule has 1 heterocycles. The van der Waals surface area contributed by atoms with Crippen molar-refractivity contribution in [2.75, 3.05) is 0 Å². The predicted octanol–water partition coefficient (Wildman–Crippen LogP) is 2.62. The number of carbonyl (C=O) groups is 1. The molecule has 1 atom stereocenters. The smallest absolute Gasteiger partial charge is 0.308 e. The van der Waals surface area contributed by atoms with Crippen molar-refractivity contribution in [3.05, 3.63) is 46.2 Å². The number of H-pyrrole nitrogens is 1. The van der Waals surface area contributed by atoms with Gasteiger partial charge in [0, 0.05) is 5.52 Å². The number of benzene rings is 1. The first-order valence-corrected chi connectivity index (χ1v) is 6.39. The number of aromatic nitrogens is 1. The highest BCUT2D eigenvalue weighted by Crippen LogP contribution is 2.11. The van der Waals surface area contributed by atoms with Crippen molar-refractivity contribution in [3.8, 4) is 0 Å². The van der Waals surface area contributed by atoms with Crippen LogP contribution in [0.25, 0.3) is 10.9 Å². The minimum absolute atomic E-state index is 0.0172. The van der Waals surface area contributed by atoms with E-state index in [2.05, 4.69) is 4.98 Å². The summed E-state index contributed by atoms with van der Waals surface area (Å²) in [6, 6.07) is 9.27. The van der Waals surface area contributed by atoms with Gasteiger partial charge in [0.2, 0.25) is 0 Å². The lowest BCUT2D eigenvalue weighted by Gasteiger charge is -2.09. The Morgan fingerprint density at radius 3 is 2.84 bits per heavy atom. The van der Waals surface area contributed by atoms with E-state index >= 15 is 0 Å². The fourth-order valence-electron chi connectivity index (χ4n) is 1.76. The Labute approximate surface area is 111 Å². The van der Waals surface area contributed by atoms with E-state index in [0.29, 0.717) is 5.56 Å². The van der Waals surface area contributed by atoms with Crippen molar-refractivity contribution in [2.45, 2.75) is 26.9 Å². The maximum Gasteiger partial charge on any atom is 0.308 e. The van der Waals surface area contributed by atoms with Gasteiger partial charge in [-0.05, 0) is 23.9 Å². The molecule has 0 saturated heterocycles. The summed E-state index contributed by atoms with van der Waals surface area (Å²) in [5.74, 6) is -0.408. The van der Waals surface area contributed by atoms with Crippen molar-refractivity contribution in [1.29, 1.82) is 0 Å². The SMILES string of the molecule is CCC(C)C(=O)OCc1cc2ccccc2[nH]c1=O. The number of rotatable bonds is 4. The molecule has 2 rings (SSSR count). The van der Waals surface area contributed by atoms with Crippen LogP contribution in [0.2, 0.25) is 0 Å². The van der Waals surface area contributed by atoms with Gasteiger partial charge in [-0.15, -0.1) is 0 Å². The summed E-state index contributed by atoms with van der Waals surface area (Å²) in [5.41, 5.74) is 1.04. The first-order chi connectivity index (χ1) is 9.11. The minimum Gasteiger partial charge on any atom is -0.460 e. The Morgan fingerprint density at radius 2 is 2.11 bits per heavy atom. The lowest BCUT2D eigenvalue weighted by molar-refractivity contribution is -0.149. The van der Waals surface area contributed by atoms with E-state index in [4.69, 9.17) is 4.74 Å². The van der Waals surface area contributed by atoms with Crippen molar-refractivity contribution >= 4 is 16.9 Å². The number of esters is 1. The summed E-state index contributed by atoms with van der Waals surface area (Å²) in [6.07, 6.45) is 0.729. The van der Waals surface area contributed by atoms with E-state index in [-0.39, 0.29) is 24.1 Å². The number of hydrogen-bond acceptors (Lipinski definition) is 3. The van der Waals surface area contributed by atoms with Crippen LogP contribution in [0.15, 0.2) is 35.1 Å². The van der Waals surface area contributed by atoms with Gasteiger partial charge in [-0.25, -0.2) is 0 Å². The second-order valence-electron chi connectivity index (χ2n) is 4.63. The largest absolute Gasteiger partial charge is 0.460 e. The summed E-state index contributed by atoms with van der Waals surface area (Å²) >= 11 is 0. The van der Waals surface area contributed by atoms with Crippen LogP contribution in [0, 0.1) is 5.92 Å². The third-order valence-electron chi connectivity index (χ3n) is 3.22. The molecule has 0 fully saturated rings. The molecule has 4 nitrogen and oxygen atoms in total. The lowest BCUT2D eigenvalue weighted by atomic mass is 10.1. The van der Waals surface area contributed by atoms with Gasteiger partial charge in [-0.2, -0.15) is 0 Å². The van der Waals surface area contributed by atoms with Crippen LogP contribution in [0.1, 0.15) is 25.8 Å². The average molecular weight is 259 g/mol. The molecule has 100 valence electrons. The zero-order chi connectivity index (χ0) is 13.8. The second-order valence-corrected chi connectivity index (χ2v) is 4.63. The number of carbonyl (C=O) groups excluding carboxylic acids is 1. The maximum atomic E-state index is 11.8. The molecule has 2 aromatic rings. The molecule has 0 saturated carbocycles. The van der Waals surface area contributed by atoms with Gasteiger partial charge in [0.1, 0.15) is 6.61 Å². The molecule has 0 aliphatic heterocycles. The van der Waals surface area contributed by atoms with E-state index in [1.807, 2.05) is 38.1 Å². The van der Waals surface area contributed by atoms with Gasteiger partial charge >= 0.3 is 5.97 Å². The molecule has 0 bridgehead atoms. The molecule has 1 aromatic heterocycles. The molecule has 0 aliphatic carbocycles. The zero-order valence-electron chi connectivity index (χ0n) is 11.1. The summed E-state index contributed by atoms with van der Waals surface area (Å²) in [6.45, 7) is 3.76. The molecular formula is C15H17NO3. The average Bonchev–Trinajstić information content (AvgIpc) is 2.43.